The average Bonchev–Trinajstić information content (AvgIpc) is 3.39. The molecule has 0 saturated heterocycles. The van der Waals surface area contributed by atoms with E-state index in [0.29, 0.717) is 21.3 Å². The molecule has 0 spiro atoms. The number of amides is 3. The number of nitrogens with zero attached hydrogens (tertiary/aromatic N) is 3. The van der Waals surface area contributed by atoms with E-state index in [9.17, 15) is 14.4 Å². The number of allylic oxidation sites excluding steroid dienone is 4. The van der Waals surface area contributed by atoms with Gasteiger partial charge in [-0.25, -0.2) is 0 Å². The van der Waals surface area contributed by atoms with Gasteiger partial charge in [0, 0.05) is 22.8 Å². The van der Waals surface area contributed by atoms with E-state index >= 15 is 0 Å². The van der Waals surface area contributed by atoms with Crippen LogP contribution in [0.4, 0.5) is 0 Å². The number of carbonyl (C=O) groups excluding carboxylic acids is 3. The van der Waals surface area contributed by atoms with E-state index in [1.807, 2.05) is 91.2 Å². The van der Waals surface area contributed by atoms with Gasteiger partial charge in [0.05, 0.1) is 21.8 Å². The molecule has 1 aliphatic rings. The highest BCUT2D eigenvalue weighted by molar-refractivity contribution is 8.14. The molecule has 10 heteroatoms. The molecule has 0 fully saturated rings. The minimum Gasteiger partial charge on any atom is -0.344 e. The van der Waals surface area contributed by atoms with Crippen LogP contribution in [0, 0.1) is 13.8 Å². The van der Waals surface area contributed by atoms with E-state index in [1.165, 1.54) is 4.90 Å². The summed E-state index contributed by atoms with van der Waals surface area (Å²) in [5.74, 6) is -1.63. The third-order valence-electron chi connectivity index (χ3n) is 7.84. The SMILES string of the molecule is C=C/C=C\C(=C/C)N1C(=O)/C(=C\c2cc(C)n(-c3ccc(Cl)c(Cl)c3)c2C)C(=O)N=C1SCC(=O)NC(c1ccccc1)c1ccccc1. The summed E-state index contributed by atoms with van der Waals surface area (Å²) >= 11 is 13.4. The van der Waals surface area contributed by atoms with Gasteiger partial charge < -0.3 is 9.88 Å². The summed E-state index contributed by atoms with van der Waals surface area (Å²) in [6, 6.07) is 26.2. The lowest BCUT2D eigenvalue weighted by Gasteiger charge is -2.28. The summed E-state index contributed by atoms with van der Waals surface area (Å²) < 4.78 is 1.97. The van der Waals surface area contributed by atoms with Crippen LogP contribution < -0.4 is 5.32 Å². The smallest absolute Gasteiger partial charge is 0.285 e. The fourth-order valence-electron chi connectivity index (χ4n) is 5.50. The van der Waals surface area contributed by atoms with E-state index in [-0.39, 0.29) is 28.4 Å². The van der Waals surface area contributed by atoms with Gasteiger partial charge >= 0.3 is 0 Å². The van der Waals surface area contributed by atoms with Crippen LogP contribution in [-0.2, 0) is 14.4 Å². The lowest BCUT2D eigenvalue weighted by molar-refractivity contribution is -0.126. The number of carbonyl (C=O) groups is 3. The largest absolute Gasteiger partial charge is 0.344 e. The summed E-state index contributed by atoms with van der Waals surface area (Å²) in [7, 11) is 0. The van der Waals surface area contributed by atoms with Crippen LogP contribution in [0.2, 0.25) is 10.0 Å². The minimum absolute atomic E-state index is 0.0852. The Bertz CT molecular complexity index is 1990. The molecule has 0 aliphatic carbocycles. The van der Waals surface area contributed by atoms with Crippen molar-refractivity contribution in [2.24, 2.45) is 4.99 Å². The molecule has 2 heterocycles. The van der Waals surface area contributed by atoms with Crippen LogP contribution in [0.5, 0.6) is 0 Å². The van der Waals surface area contributed by atoms with Gasteiger partial charge in [0.1, 0.15) is 5.57 Å². The lowest BCUT2D eigenvalue weighted by atomic mass is 9.99. The number of thioether (sulfide) groups is 1. The molecule has 1 aromatic heterocycles. The molecule has 3 aromatic carbocycles. The summed E-state index contributed by atoms with van der Waals surface area (Å²) in [6.07, 6.45) is 8.26. The normalized spacial score (nSPS) is 14.6. The molecule has 1 aliphatic heterocycles. The second-order valence-electron chi connectivity index (χ2n) is 11.1. The van der Waals surface area contributed by atoms with Gasteiger partial charge in [0.25, 0.3) is 11.8 Å². The van der Waals surface area contributed by atoms with Crippen molar-refractivity contribution in [3.8, 4) is 5.69 Å². The van der Waals surface area contributed by atoms with Gasteiger partial charge in [-0.3, -0.25) is 19.3 Å². The predicted octanol–water partition coefficient (Wildman–Crippen LogP) is 8.79. The number of benzene rings is 3. The quantitative estimate of drug-likeness (QED) is 0.101. The van der Waals surface area contributed by atoms with E-state index < -0.39 is 11.8 Å². The number of nitrogens with one attached hydrogen (secondary N) is 1. The number of halogens is 2. The summed E-state index contributed by atoms with van der Waals surface area (Å²) in [5, 5.41) is 4.06. The first-order valence-corrected chi connectivity index (χ1v) is 17.2. The number of aliphatic imine (C=N–C) groups is 1. The second kappa shape index (κ2) is 16.0. The average molecular weight is 710 g/mol. The molecule has 248 valence electrons. The molecule has 0 bridgehead atoms. The molecule has 0 saturated carbocycles. The topological polar surface area (TPSA) is 83.8 Å². The maximum absolute atomic E-state index is 14.2. The third-order valence-corrected chi connectivity index (χ3v) is 9.52. The fraction of sp³-hybridized carbons (Fsp3) is 0.128. The standard InChI is InChI=1S/C39H34Cl2N4O3S/c1-5-7-18-30(6-2)45-38(48)32(22-29-21-25(3)44(26(29)4)31-19-20-33(40)34(41)23-31)37(47)43-39(45)49-24-35(46)42-36(27-14-10-8-11-15-27)28-16-12-9-13-17-28/h5-23,36H,1,24H2,2-4H3,(H,42,46)/b18-7-,30-6+,32-22-. The predicted molar refractivity (Wildman–Crippen MR) is 201 cm³/mol. The van der Waals surface area contributed by atoms with Crippen molar-refractivity contribution in [3.05, 3.63) is 165 Å². The molecular formula is C39H34Cl2N4O3S. The number of aromatic nitrogens is 1. The molecule has 0 atom stereocenters. The van der Waals surface area contributed by atoms with Crippen LogP contribution in [0.3, 0.4) is 0 Å². The molecule has 7 nitrogen and oxygen atoms in total. The lowest BCUT2D eigenvalue weighted by Crippen LogP contribution is -2.42. The molecule has 3 amide bonds. The van der Waals surface area contributed by atoms with Crippen molar-refractivity contribution >= 4 is 63.9 Å². The summed E-state index contributed by atoms with van der Waals surface area (Å²) in [4.78, 5) is 46.8. The third kappa shape index (κ3) is 8.05. The van der Waals surface area contributed by atoms with Crippen LogP contribution in [0.25, 0.3) is 11.8 Å². The Hall–Kier alpha value is -4.89. The van der Waals surface area contributed by atoms with Crippen molar-refractivity contribution in [3.63, 3.8) is 0 Å². The number of rotatable bonds is 10. The fourth-order valence-corrected chi connectivity index (χ4v) is 6.60. The highest BCUT2D eigenvalue weighted by atomic mass is 35.5. The van der Waals surface area contributed by atoms with Crippen molar-refractivity contribution < 1.29 is 14.4 Å². The van der Waals surface area contributed by atoms with Gasteiger partial charge in [-0.1, -0.05) is 120 Å². The zero-order valence-electron chi connectivity index (χ0n) is 27.2. The highest BCUT2D eigenvalue weighted by Gasteiger charge is 2.35. The Morgan fingerprint density at radius 2 is 1.61 bits per heavy atom. The van der Waals surface area contributed by atoms with Crippen molar-refractivity contribution in [2.75, 3.05) is 5.75 Å². The molecular weight excluding hydrogens is 675 g/mol. The zero-order valence-corrected chi connectivity index (χ0v) is 29.5. The van der Waals surface area contributed by atoms with Crippen LogP contribution >= 0.6 is 35.0 Å². The Morgan fingerprint density at radius 1 is 0.959 bits per heavy atom. The maximum atomic E-state index is 14.2. The van der Waals surface area contributed by atoms with Gasteiger partial charge in [0.2, 0.25) is 5.91 Å². The number of aryl methyl sites for hydroxylation is 1. The molecule has 0 unspecified atom stereocenters. The van der Waals surface area contributed by atoms with Gasteiger partial charge in [-0.2, -0.15) is 4.99 Å². The Kier molecular flexibility index (Phi) is 11.6. The number of hydrogen-bond donors (Lipinski definition) is 1. The van der Waals surface area contributed by atoms with E-state index in [4.69, 9.17) is 23.2 Å². The Balaban J connectivity index is 1.45. The van der Waals surface area contributed by atoms with E-state index in [0.717, 1.165) is 40.0 Å². The first-order chi connectivity index (χ1) is 23.6. The first kappa shape index (κ1) is 35.4. The molecule has 49 heavy (non-hydrogen) atoms. The van der Waals surface area contributed by atoms with Crippen molar-refractivity contribution in [1.82, 2.24) is 14.8 Å². The van der Waals surface area contributed by atoms with Gasteiger partial charge in [-0.05, 0) is 73.9 Å². The second-order valence-corrected chi connectivity index (χ2v) is 12.8. The van der Waals surface area contributed by atoms with Crippen LogP contribution in [0.1, 0.15) is 41.0 Å². The van der Waals surface area contributed by atoms with Crippen LogP contribution in [-0.4, -0.2) is 38.1 Å². The minimum atomic E-state index is -0.696. The summed E-state index contributed by atoms with van der Waals surface area (Å²) in [6.45, 7) is 9.33. The molecule has 1 N–H and O–H groups in total. The van der Waals surface area contributed by atoms with Crippen molar-refractivity contribution in [1.29, 1.82) is 0 Å². The van der Waals surface area contributed by atoms with E-state index in [2.05, 4.69) is 16.9 Å². The monoisotopic (exact) mass is 708 g/mol. The number of hydrogen-bond acceptors (Lipinski definition) is 4. The molecule has 0 radical (unpaired) electrons. The van der Waals surface area contributed by atoms with Crippen molar-refractivity contribution in [2.45, 2.75) is 26.8 Å². The summed E-state index contributed by atoms with van der Waals surface area (Å²) in [5.41, 5.74) is 5.34. The molecule has 5 rings (SSSR count). The molecule has 4 aromatic rings. The Labute approximate surface area is 300 Å². The van der Waals surface area contributed by atoms with Gasteiger partial charge in [0.15, 0.2) is 5.17 Å². The van der Waals surface area contributed by atoms with E-state index in [1.54, 1.807) is 49.4 Å². The highest BCUT2D eigenvalue weighted by Crippen LogP contribution is 2.31. The van der Waals surface area contributed by atoms with Gasteiger partial charge in [-0.15, -0.1) is 0 Å². The zero-order chi connectivity index (χ0) is 35.1. The Morgan fingerprint density at radius 3 is 2.20 bits per heavy atom. The maximum Gasteiger partial charge on any atom is 0.285 e. The first-order valence-electron chi connectivity index (χ1n) is 15.4. The number of amidine groups is 1. The van der Waals surface area contributed by atoms with Crippen LogP contribution in [0.15, 0.2) is 132 Å².